The lowest BCUT2D eigenvalue weighted by atomic mass is 10.4. The number of H-pyrrole nitrogens is 1. The van der Waals surface area contributed by atoms with Gasteiger partial charge in [0.1, 0.15) is 0 Å². The lowest BCUT2D eigenvalue weighted by Crippen LogP contribution is -2.31. The molecule has 0 saturated heterocycles. The van der Waals surface area contributed by atoms with Gasteiger partial charge in [0, 0.05) is 17.2 Å². The molecule has 0 spiro atoms. The van der Waals surface area contributed by atoms with Gasteiger partial charge in [-0.2, -0.15) is 0 Å². The first kappa shape index (κ1) is 14.1. The maximum atomic E-state index is 11.5. The van der Waals surface area contributed by atoms with Crippen LogP contribution in [0.15, 0.2) is 51.0 Å². The molecule has 1 N–H and O–H groups in total. The lowest BCUT2D eigenvalue weighted by molar-refractivity contribution is -0.386. The van der Waals surface area contributed by atoms with E-state index in [2.05, 4.69) is 0 Å². The molecule has 104 valence electrons. The van der Waals surface area contributed by atoms with Crippen LogP contribution in [0.2, 0.25) is 0 Å². The maximum absolute atomic E-state index is 11.5. The molecule has 1 aromatic heterocycles. The van der Waals surface area contributed by atoms with Gasteiger partial charge in [-0.3, -0.25) is 24.5 Å². The number of aryl methyl sites for hydroxylation is 1. The zero-order valence-electron chi connectivity index (χ0n) is 10.3. The first-order valence-electron chi connectivity index (χ1n) is 5.74. The SMILES string of the molecule is O=c1[nH]c(=O)n(CCSc2ccccc2)cc1[N+](=O)[O-]. The average molecular weight is 293 g/mol. The molecule has 0 radical (unpaired) electrons. The third-order valence-corrected chi connectivity index (χ3v) is 3.53. The monoisotopic (exact) mass is 293 g/mol. The Morgan fingerprint density at radius 1 is 1.25 bits per heavy atom. The van der Waals surface area contributed by atoms with Crippen molar-refractivity contribution in [2.75, 3.05) is 5.75 Å². The van der Waals surface area contributed by atoms with Crippen LogP contribution < -0.4 is 11.2 Å². The number of aromatic nitrogens is 2. The molecule has 8 heteroatoms. The predicted octanol–water partition coefficient (Wildman–Crippen LogP) is 1.24. The summed E-state index contributed by atoms with van der Waals surface area (Å²) in [7, 11) is 0. The predicted molar refractivity (Wildman–Crippen MR) is 75.1 cm³/mol. The van der Waals surface area contributed by atoms with Crippen molar-refractivity contribution in [3.05, 3.63) is 67.5 Å². The molecule has 0 aliphatic rings. The Balaban J connectivity index is 2.10. The van der Waals surface area contributed by atoms with E-state index in [0.717, 1.165) is 15.7 Å². The molecule has 2 rings (SSSR count). The van der Waals surface area contributed by atoms with Gasteiger partial charge in [-0.15, -0.1) is 11.8 Å². The van der Waals surface area contributed by atoms with Crippen LogP contribution in [0.5, 0.6) is 0 Å². The minimum Gasteiger partial charge on any atom is -0.293 e. The highest BCUT2D eigenvalue weighted by Crippen LogP contribution is 2.16. The fourth-order valence-corrected chi connectivity index (χ4v) is 2.45. The summed E-state index contributed by atoms with van der Waals surface area (Å²) in [4.78, 5) is 35.6. The number of nitrogens with zero attached hydrogens (tertiary/aromatic N) is 2. The second kappa shape index (κ2) is 6.20. The van der Waals surface area contributed by atoms with Crippen LogP contribution in [-0.4, -0.2) is 20.2 Å². The van der Waals surface area contributed by atoms with Gasteiger partial charge in [0.25, 0.3) is 0 Å². The van der Waals surface area contributed by atoms with E-state index in [1.165, 1.54) is 11.8 Å². The molecule has 2 aromatic rings. The minimum absolute atomic E-state index is 0.274. The molecule has 0 aliphatic carbocycles. The van der Waals surface area contributed by atoms with E-state index in [1.807, 2.05) is 35.3 Å². The Hall–Kier alpha value is -2.35. The maximum Gasteiger partial charge on any atom is 0.350 e. The molecule has 20 heavy (non-hydrogen) atoms. The first-order chi connectivity index (χ1) is 9.58. The van der Waals surface area contributed by atoms with Crippen molar-refractivity contribution in [2.24, 2.45) is 0 Å². The lowest BCUT2D eigenvalue weighted by Gasteiger charge is -2.04. The molecule has 0 unspecified atom stereocenters. The van der Waals surface area contributed by atoms with E-state index in [-0.39, 0.29) is 6.54 Å². The molecule has 0 aliphatic heterocycles. The molecule has 0 bridgehead atoms. The first-order valence-corrected chi connectivity index (χ1v) is 6.72. The highest BCUT2D eigenvalue weighted by Gasteiger charge is 2.14. The molecule has 0 atom stereocenters. The third kappa shape index (κ3) is 3.35. The van der Waals surface area contributed by atoms with Crippen molar-refractivity contribution in [3.63, 3.8) is 0 Å². The number of aromatic amines is 1. The van der Waals surface area contributed by atoms with Crippen molar-refractivity contribution in [3.8, 4) is 0 Å². The Labute approximate surface area is 117 Å². The van der Waals surface area contributed by atoms with E-state index < -0.39 is 21.9 Å². The zero-order valence-corrected chi connectivity index (χ0v) is 11.1. The van der Waals surface area contributed by atoms with Crippen molar-refractivity contribution >= 4 is 17.4 Å². The van der Waals surface area contributed by atoms with Crippen molar-refractivity contribution in [1.29, 1.82) is 0 Å². The van der Waals surface area contributed by atoms with Crippen LogP contribution >= 0.6 is 11.8 Å². The van der Waals surface area contributed by atoms with Crippen molar-refractivity contribution in [1.82, 2.24) is 9.55 Å². The Bertz CT molecular complexity index is 723. The molecule has 0 amide bonds. The van der Waals surface area contributed by atoms with E-state index >= 15 is 0 Å². The van der Waals surface area contributed by atoms with Gasteiger partial charge in [-0.1, -0.05) is 18.2 Å². The summed E-state index contributed by atoms with van der Waals surface area (Å²) in [5.74, 6) is 0.563. The fourth-order valence-electron chi connectivity index (χ4n) is 1.57. The summed E-state index contributed by atoms with van der Waals surface area (Å²) in [6, 6.07) is 9.57. The number of rotatable bonds is 5. The van der Waals surface area contributed by atoms with Crippen LogP contribution in [0.25, 0.3) is 0 Å². The summed E-state index contributed by atoms with van der Waals surface area (Å²) in [5, 5.41) is 10.6. The Morgan fingerprint density at radius 3 is 2.60 bits per heavy atom. The van der Waals surface area contributed by atoms with Gasteiger partial charge >= 0.3 is 16.9 Å². The van der Waals surface area contributed by atoms with Gasteiger partial charge in [-0.05, 0) is 12.1 Å². The number of hydrogen-bond donors (Lipinski definition) is 1. The molecular weight excluding hydrogens is 282 g/mol. The molecule has 1 aromatic carbocycles. The summed E-state index contributed by atoms with van der Waals surface area (Å²) >= 11 is 1.52. The highest BCUT2D eigenvalue weighted by atomic mass is 32.2. The van der Waals surface area contributed by atoms with Crippen LogP contribution in [0, 0.1) is 10.1 Å². The number of hydrogen-bond acceptors (Lipinski definition) is 5. The quantitative estimate of drug-likeness (QED) is 0.508. The van der Waals surface area contributed by atoms with E-state index in [1.54, 1.807) is 0 Å². The number of nitrogens with one attached hydrogen (secondary N) is 1. The normalized spacial score (nSPS) is 10.4. The fraction of sp³-hybridized carbons (Fsp3) is 0.167. The summed E-state index contributed by atoms with van der Waals surface area (Å²) in [6.07, 6.45) is 0.979. The second-order valence-electron chi connectivity index (χ2n) is 3.89. The Kier molecular flexibility index (Phi) is 4.36. The largest absolute Gasteiger partial charge is 0.350 e. The van der Waals surface area contributed by atoms with Crippen LogP contribution in [-0.2, 0) is 6.54 Å². The van der Waals surface area contributed by atoms with Crippen molar-refractivity contribution in [2.45, 2.75) is 11.4 Å². The topological polar surface area (TPSA) is 98.0 Å². The highest BCUT2D eigenvalue weighted by molar-refractivity contribution is 7.99. The minimum atomic E-state index is -0.980. The smallest absolute Gasteiger partial charge is 0.293 e. The van der Waals surface area contributed by atoms with Crippen LogP contribution in [0.1, 0.15) is 0 Å². The standard InChI is InChI=1S/C12H11N3O4S/c16-11-10(15(18)19)8-14(12(17)13-11)6-7-20-9-4-2-1-3-5-9/h1-5,8H,6-7H2,(H,13,16,17). The summed E-state index contributed by atoms with van der Waals surface area (Å²) in [6.45, 7) is 0.274. The molecule has 7 nitrogen and oxygen atoms in total. The number of benzene rings is 1. The Morgan fingerprint density at radius 2 is 1.95 bits per heavy atom. The summed E-state index contributed by atoms with van der Waals surface area (Å²) < 4.78 is 1.13. The number of thioether (sulfide) groups is 1. The van der Waals surface area contributed by atoms with Gasteiger partial charge in [-0.25, -0.2) is 4.79 Å². The van der Waals surface area contributed by atoms with Gasteiger partial charge in [0.05, 0.1) is 11.1 Å². The van der Waals surface area contributed by atoms with E-state index in [9.17, 15) is 19.7 Å². The van der Waals surface area contributed by atoms with Crippen LogP contribution in [0.3, 0.4) is 0 Å². The molecule has 0 saturated carbocycles. The van der Waals surface area contributed by atoms with Gasteiger partial charge in [0.15, 0.2) is 0 Å². The zero-order chi connectivity index (χ0) is 14.5. The molecule has 0 fully saturated rings. The van der Waals surface area contributed by atoms with Crippen molar-refractivity contribution < 1.29 is 4.92 Å². The van der Waals surface area contributed by atoms with Crippen LogP contribution in [0.4, 0.5) is 5.69 Å². The van der Waals surface area contributed by atoms with E-state index in [0.29, 0.717) is 5.75 Å². The average Bonchev–Trinajstić information content (AvgIpc) is 2.42. The molecule has 1 heterocycles. The number of nitro groups is 1. The summed E-state index contributed by atoms with van der Waals surface area (Å²) in [5.41, 5.74) is -2.25. The second-order valence-corrected chi connectivity index (χ2v) is 5.05. The van der Waals surface area contributed by atoms with E-state index in [4.69, 9.17) is 0 Å². The molecular formula is C12H11N3O4S. The third-order valence-electron chi connectivity index (χ3n) is 2.53. The van der Waals surface area contributed by atoms with Gasteiger partial charge in [0.2, 0.25) is 0 Å². The van der Waals surface area contributed by atoms with Gasteiger partial charge < -0.3 is 0 Å².